The van der Waals surface area contributed by atoms with Crippen molar-refractivity contribution in [2.24, 2.45) is 7.05 Å². The first-order valence-electron chi connectivity index (χ1n) is 6.43. The van der Waals surface area contributed by atoms with Gasteiger partial charge in [0.15, 0.2) is 0 Å². The second-order valence-corrected chi connectivity index (χ2v) is 7.51. The van der Waals surface area contributed by atoms with E-state index in [4.69, 9.17) is 0 Å². The third-order valence-electron chi connectivity index (χ3n) is 2.87. The molecule has 0 saturated carbocycles. The largest absolute Gasteiger partial charge is 0.298 e. The van der Waals surface area contributed by atoms with Crippen LogP contribution in [0, 0.1) is 0 Å². The zero-order valence-corrected chi connectivity index (χ0v) is 12.8. The van der Waals surface area contributed by atoms with Crippen molar-refractivity contribution in [2.75, 3.05) is 5.75 Å². The molecule has 0 aliphatic carbocycles. The molecule has 1 aromatic carbocycles. The second-order valence-electron chi connectivity index (χ2n) is 5.70. The van der Waals surface area contributed by atoms with Crippen molar-refractivity contribution in [3.05, 3.63) is 30.0 Å². The highest BCUT2D eigenvalue weighted by Crippen LogP contribution is 2.24. The molecule has 2 aromatic rings. The van der Waals surface area contributed by atoms with E-state index in [0.29, 0.717) is 12.2 Å². The summed E-state index contributed by atoms with van der Waals surface area (Å²) in [7, 11) is 1.92. The molecule has 1 aromatic heterocycles. The Morgan fingerprint density at radius 1 is 1.32 bits per heavy atom. The van der Waals surface area contributed by atoms with Crippen molar-refractivity contribution in [3.8, 4) is 0 Å². The number of nitrogens with zero attached hydrogens (tertiary/aromatic N) is 2. The Labute approximate surface area is 118 Å². The molecule has 3 nitrogen and oxygen atoms in total. The molecule has 2 rings (SSSR count). The quantitative estimate of drug-likeness (QED) is 0.860. The zero-order chi connectivity index (χ0) is 14.0. The first-order chi connectivity index (χ1) is 8.87. The lowest BCUT2D eigenvalue weighted by molar-refractivity contribution is -0.116. The van der Waals surface area contributed by atoms with Crippen LogP contribution in [0.3, 0.4) is 0 Å². The predicted octanol–water partition coefficient (Wildman–Crippen LogP) is 3.22. The first kappa shape index (κ1) is 14.1. The summed E-state index contributed by atoms with van der Waals surface area (Å²) in [6.45, 7) is 6.38. The van der Waals surface area contributed by atoms with Gasteiger partial charge in [0.05, 0.1) is 23.4 Å². The van der Waals surface area contributed by atoms with E-state index in [1.165, 1.54) is 0 Å². The van der Waals surface area contributed by atoms with Crippen molar-refractivity contribution in [1.82, 2.24) is 9.78 Å². The summed E-state index contributed by atoms with van der Waals surface area (Å²) in [5.74, 6) is 0.790. The molecule has 0 N–H and O–H groups in total. The Morgan fingerprint density at radius 3 is 2.68 bits per heavy atom. The second kappa shape index (κ2) is 5.37. The molecule has 102 valence electrons. The number of carbonyl (C=O) groups is 1. The summed E-state index contributed by atoms with van der Waals surface area (Å²) >= 11 is 1.69. The third kappa shape index (κ3) is 3.60. The van der Waals surface area contributed by atoms with Gasteiger partial charge < -0.3 is 0 Å². The molecule has 0 atom stereocenters. The van der Waals surface area contributed by atoms with Crippen LogP contribution in [-0.4, -0.2) is 26.1 Å². The maximum atomic E-state index is 12.0. The van der Waals surface area contributed by atoms with Crippen LogP contribution in [-0.2, 0) is 18.3 Å². The number of ketones is 1. The molecule has 0 spiro atoms. The fourth-order valence-corrected chi connectivity index (χ4v) is 2.65. The molecule has 0 bridgehead atoms. The van der Waals surface area contributed by atoms with Crippen molar-refractivity contribution in [2.45, 2.75) is 31.9 Å². The maximum Gasteiger partial charge on any atom is 0.148 e. The van der Waals surface area contributed by atoms with Gasteiger partial charge in [0.1, 0.15) is 5.78 Å². The molecule has 0 radical (unpaired) electrons. The van der Waals surface area contributed by atoms with E-state index >= 15 is 0 Å². The Hall–Kier alpha value is -1.29. The number of thioether (sulfide) groups is 1. The summed E-state index contributed by atoms with van der Waals surface area (Å²) < 4.78 is 1.97. The molecule has 0 saturated heterocycles. The highest BCUT2D eigenvalue weighted by Gasteiger charge is 2.16. The van der Waals surface area contributed by atoms with Gasteiger partial charge >= 0.3 is 0 Å². The molecule has 0 aliphatic rings. The minimum atomic E-state index is 0.127. The minimum absolute atomic E-state index is 0.127. The molecule has 0 aliphatic heterocycles. The number of benzene rings is 1. The average Bonchev–Trinajstić information content (AvgIpc) is 2.64. The van der Waals surface area contributed by atoms with Crippen LogP contribution in [0.4, 0.5) is 0 Å². The van der Waals surface area contributed by atoms with E-state index in [9.17, 15) is 4.79 Å². The van der Waals surface area contributed by atoms with Crippen molar-refractivity contribution >= 4 is 28.4 Å². The van der Waals surface area contributed by atoms with E-state index in [1.54, 1.807) is 11.8 Å². The number of aryl methyl sites for hydroxylation is 1. The Balaban J connectivity index is 2.11. The Kier molecular flexibility index (Phi) is 3.99. The lowest BCUT2D eigenvalue weighted by atomic mass is 10.1. The number of rotatable bonds is 4. The van der Waals surface area contributed by atoms with Crippen LogP contribution in [0.5, 0.6) is 0 Å². The molecule has 4 heteroatoms. The van der Waals surface area contributed by atoms with E-state index in [1.807, 2.05) is 36.0 Å². The number of hydrogen-bond acceptors (Lipinski definition) is 3. The van der Waals surface area contributed by atoms with Gasteiger partial charge in [0, 0.05) is 17.2 Å². The van der Waals surface area contributed by atoms with Gasteiger partial charge in [-0.05, 0) is 6.07 Å². The standard InChI is InChI=1S/C15H20N2OS/c1-15(2,3)19-10-11(18)9-13-12-7-5-6-8-14(12)17(4)16-13/h5-8H,9-10H2,1-4H3. The van der Waals surface area contributed by atoms with Gasteiger partial charge in [-0.3, -0.25) is 9.48 Å². The fourth-order valence-electron chi connectivity index (χ4n) is 1.95. The van der Waals surface area contributed by atoms with Crippen LogP contribution in [0.15, 0.2) is 24.3 Å². The lowest BCUT2D eigenvalue weighted by Gasteiger charge is -2.16. The molecule has 1 heterocycles. The summed E-state index contributed by atoms with van der Waals surface area (Å²) in [6.07, 6.45) is 0.421. The summed E-state index contributed by atoms with van der Waals surface area (Å²) in [5, 5.41) is 5.54. The van der Waals surface area contributed by atoms with Crippen molar-refractivity contribution < 1.29 is 4.79 Å². The van der Waals surface area contributed by atoms with E-state index in [2.05, 4.69) is 25.9 Å². The average molecular weight is 276 g/mol. The normalized spacial score (nSPS) is 12.0. The van der Waals surface area contributed by atoms with Gasteiger partial charge in [-0.2, -0.15) is 5.10 Å². The molecular weight excluding hydrogens is 256 g/mol. The number of para-hydroxylation sites is 1. The van der Waals surface area contributed by atoms with E-state index in [0.717, 1.165) is 16.6 Å². The zero-order valence-electron chi connectivity index (χ0n) is 11.9. The van der Waals surface area contributed by atoms with Crippen LogP contribution in [0.25, 0.3) is 10.9 Å². The monoisotopic (exact) mass is 276 g/mol. The van der Waals surface area contributed by atoms with Crippen LogP contribution in [0.1, 0.15) is 26.5 Å². The van der Waals surface area contributed by atoms with Crippen molar-refractivity contribution in [1.29, 1.82) is 0 Å². The van der Waals surface area contributed by atoms with Gasteiger partial charge in [0.2, 0.25) is 0 Å². The number of hydrogen-bond donors (Lipinski definition) is 0. The molecular formula is C15H20N2OS. The number of carbonyl (C=O) groups excluding carboxylic acids is 1. The third-order valence-corrected chi connectivity index (χ3v) is 4.20. The first-order valence-corrected chi connectivity index (χ1v) is 7.41. The Morgan fingerprint density at radius 2 is 2.00 bits per heavy atom. The van der Waals surface area contributed by atoms with E-state index in [-0.39, 0.29) is 10.5 Å². The van der Waals surface area contributed by atoms with E-state index < -0.39 is 0 Å². The van der Waals surface area contributed by atoms with Crippen LogP contribution < -0.4 is 0 Å². The number of Topliss-reactive ketones (excluding diaryl/α,β-unsaturated/α-hetero) is 1. The summed E-state index contributed by atoms with van der Waals surface area (Å²) in [6, 6.07) is 8.04. The smallest absolute Gasteiger partial charge is 0.148 e. The Bertz CT molecular complexity index is 596. The SMILES string of the molecule is Cn1nc(CC(=O)CSC(C)(C)C)c2ccccc21. The maximum absolute atomic E-state index is 12.0. The predicted molar refractivity (Wildman–Crippen MR) is 81.6 cm³/mol. The van der Waals surface area contributed by atoms with Gasteiger partial charge in [-0.25, -0.2) is 0 Å². The molecule has 0 fully saturated rings. The number of aromatic nitrogens is 2. The van der Waals surface area contributed by atoms with Gasteiger partial charge in [-0.15, -0.1) is 11.8 Å². The van der Waals surface area contributed by atoms with Crippen LogP contribution in [0.2, 0.25) is 0 Å². The summed E-state index contributed by atoms with van der Waals surface area (Å²) in [4.78, 5) is 12.0. The topological polar surface area (TPSA) is 34.9 Å². The highest BCUT2D eigenvalue weighted by molar-refractivity contribution is 8.01. The molecule has 19 heavy (non-hydrogen) atoms. The van der Waals surface area contributed by atoms with Gasteiger partial charge in [-0.1, -0.05) is 39.0 Å². The highest BCUT2D eigenvalue weighted by atomic mass is 32.2. The fraction of sp³-hybridized carbons (Fsp3) is 0.467. The van der Waals surface area contributed by atoms with Crippen LogP contribution >= 0.6 is 11.8 Å². The minimum Gasteiger partial charge on any atom is -0.298 e. The lowest BCUT2D eigenvalue weighted by Crippen LogP contribution is -2.14. The summed E-state index contributed by atoms with van der Waals surface area (Å²) in [5.41, 5.74) is 1.96. The molecule has 0 unspecified atom stereocenters. The number of fused-ring (bicyclic) bond motifs is 1. The van der Waals surface area contributed by atoms with Gasteiger partial charge in [0.25, 0.3) is 0 Å². The van der Waals surface area contributed by atoms with Crippen molar-refractivity contribution in [3.63, 3.8) is 0 Å². The molecule has 0 amide bonds.